The van der Waals surface area contributed by atoms with Crippen molar-refractivity contribution >= 4 is 10.9 Å². The SMILES string of the molecule is Cc1c(CNC(C)c2ccccn2)n(C)c2ccccc12. The van der Waals surface area contributed by atoms with Crippen LogP contribution >= 0.6 is 0 Å². The van der Waals surface area contributed by atoms with Gasteiger partial charge >= 0.3 is 0 Å². The number of hydrogen-bond acceptors (Lipinski definition) is 2. The van der Waals surface area contributed by atoms with E-state index in [1.807, 2.05) is 18.3 Å². The van der Waals surface area contributed by atoms with E-state index in [4.69, 9.17) is 0 Å². The van der Waals surface area contributed by atoms with Crippen LogP contribution in [0.1, 0.15) is 29.9 Å². The number of pyridine rings is 1. The summed E-state index contributed by atoms with van der Waals surface area (Å²) in [5, 5.41) is 4.91. The van der Waals surface area contributed by atoms with Crippen LogP contribution in [-0.2, 0) is 13.6 Å². The average molecular weight is 279 g/mol. The molecule has 0 aliphatic carbocycles. The van der Waals surface area contributed by atoms with Crippen molar-refractivity contribution in [3.8, 4) is 0 Å². The molecule has 1 aromatic carbocycles. The molecule has 0 radical (unpaired) electrons. The molecule has 3 heteroatoms. The monoisotopic (exact) mass is 279 g/mol. The van der Waals surface area contributed by atoms with Gasteiger partial charge in [-0.1, -0.05) is 24.3 Å². The second-order valence-electron chi connectivity index (χ2n) is 5.51. The number of hydrogen-bond donors (Lipinski definition) is 1. The molecule has 0 saturated heterocycles. The van der Waals surface area contributed by atoms with Crippen LogP contribution in [0.5, 0.6) is 0 Å². The topological polar surface area (TPSA) is 29.9 Å². The van der Waals surface area contributed by atoms with Crippen LogP contribution < -0.4 is 5.32 Å². The van der Waals surface area contributed by atoms with Gasteiger partial charge in [-0.25, -0.2) is 0 Å². The van der Waals surface area contributed by atoms with Gasteiger partial charge in [0.2, 0.25) is 0 Å². The molecule has 2 aromatic heterocycles. The summed E-state index contributed by atoms with van der Waals surface area (Å²) >= 11 is 0. The molecule has 0 fully saturated rings. The highest BCUT2D eigenvalue weighted by Gasteiger charge is 2.12. The van der Waals surface area contributed by atoms with Crippen LogP contribution in [-0.4, -0.2) is 9.55 Å². The first-order valence-corrected chi connectivity index (χ1v) is 7.35. The first-order chi connectivity index (χ1) is 10.2. The van der Waals surface area contributed by atoms with Crippen LogP contribution in [0.15, 0.2) is 48.7 Å². The summed E-state index contributed by atoms with van der Waals surface area (Å²) in [5.41, 5.74) is 5.05. The summed E-state index contributed by atoms with van der Waals surface area (Å²) in [6, 6.07) is 14.8. The second kappa shape index (κ2) is 5.70. The molecule has 3 rings (SSSR count). The van der Waals surface area contributed by atoms with Gasteiger partial charge in [0.1, 0.15) is 0 Å². The Hall–Kier alpha value is -2.13. The lowest BCUT2D eigenvalue weighted by Crippen LogP contribution is -2.20. The summed E-state index contributed by atoms with van der Waals surface area (Å²) in [7, 11) is 2.14. The predicted octanol–water partition coefficient (Wildman–Crippen LogP) is 3.73. The fourth-order valence-electron chi connectivity index (χ4n) is 2.87. The van der Waals surface area contributed by atoms with E-state index in [1.54, 1.807) is 0 Å². The average Bonchev–Trinajstić information content (AvgIpc) is 2.78. The molecule has 0 saturated carbocycles. The third-order valence-electron chi connectivity index (χ3n) is 4.21. The number of para-hydroxylation sites is 1. The molecule has 108 valence electrons. The summed E-state index contributed by atoms with van der Waals surface area (Å²) in [4.78, 5) is 4.41. The molecule has 3 aromatic rings. The lowest BCUT2D eigenvalue weighted by atomic mass is 10.1. The molecule has 1 N–H and O–H groups in total. The minimum absolute atomic E-state index is 0.239. The number of rotatable bonds is 4. The van der Waals surface area contributed by atoms with Gasteiger partial charge < -0.3 is 9.88 Å². The number of aryl methyl sites for hydroxylation is 2. The van der Waals surface area contributed by atoms with E-state index < -0.39 is 0 Å². The molecule has 2 heterocycles. The van der Waals surface area contributed by atoms with E-state index in [0.29, 0.717) is 0 Å². The van der Waals surface area contributed by atoms with Gasteiger partial charge in [0.25, 0.3) is 0 Å². The predicted molar refractivity (Wildman–Crippen MR) is 87.1 cm³/mol. The maximum Gasteiger partial charge on any atom is 0.0570 e. The van der Waals surface area contributed by atoms with Crippen molar-refractivity contribution in [2.75, 3.05) is 0 Å². The number of nitrogens with one attached hydrogen (secondary N) is 1. The highest BCUT2D eigenvalue weighted by atomic mass is 15.0. The normalized spacial score (nSPS) is 12.7. The minimum Gasteiger partial charge on any atom is -0.346 e. The summed E-state index contributed by atoms with van der Waals surface area (Å²) in [6.45, 7) is 5.19. The molecule has 3 nitrogen and oxygen atoms in total. The Kier molecular flexibility index (Phi) is 3.76. The van der Waals surface area contributed by atoms with Crippen molar-refractivity contribution in [3.63, 3.8) is 0 Å². The third-order valence-corrected chi connectivity index (χ3v) is 4.21. The number of fused-ring (bicyclic) bond motifs is 1. The molecular weight excluding hydrogens is 258 g/mol. The highest BCUT2D eigenvalue weighted by molar-refractivity contribution is 5.85. The van der Waals surface area contributed by atoms with Gasteiger partial charge in [-0.05, 0) is 37.6 Å². The van der Waals surface area contributed by atoms with E-state index >= 15 is 0 Å². The van der Waals surface area contributed by atoms with Crippen molar-refractivity contribution in [2.24, 2.45) is 7.05 Å². The van der Waals surface area contributed by atoms with Crippen LogP contribution in [0, 0.1) is 6.92 Å². The first-order valence-electron chi connectivity index (χ1n) is 7.35. The van der Waals surface area contributed by atoms with E-state index in [-0.39, 0.29) is 6.04 Å². The Bertz CT molecular complexity index is 705. The maximum atomic E-state index is 4.41. The Labute approximate surface area is 125 Å². The van der Waals surface area contributed by atoms with Crippen molar-refractivity contribution in [3.05, 3.63) is 65.6 Å². The molecule has 0 amide bonds. The van der Waals surface area contributed by atoms with Gasteiger partial charge in [0.05, 0.1) is 5.69 Å². The summed E-state index contributed by atoms with van der Waals surface area (Å²) in [6.07, 6.45) is 1.84. The summed E-state index contributed by atoms with van der Waals surface area (Å²) < 4.78 is 2.28. The molecule has 1 unspecified atom stereocenters. The number of aromatic nitrogens is 2. The Morgan fingerprint density at radius 1 is 1.14 bits per heavy atom. The lowest BCUT2D eigenvalue weighted by molar-refractivity contribution is 0.546. The zero-order valence-corrected chi connectivity index (χ0v) is 12.8. The van der Waals surface area contributed by atoms with Gasteiger partial charge in [0.15, 0.2) is 0 Å². The molecule has 21 heavy (non-hydrogen) atoms. The fraction of sp³-hybridized carbons (Fsp3) is 0.278. The van der Waals surface area contributed by atoms with Crippen LogP contribution in [0.4, 0.5) is 0 Å². The smallest absolute Gasteiger partial charge is 0.0570 e. The largest absolute Gasteiger partial charge is 0.346 e. The Morgan fingerprint density at radius 3 is 2.62 bits per heavy atom. The van der Waals surface area contributed by atoms with Crippen LogP contribution in [0.3, 0.4) is 0 Å². The second-order valence-corrected chi connectivity index (χ2v) is 5.51. The van der Waals surface area contributed by atoms with Crippen molar-refractivity contribution < 1.29 is 0 Å². The molecule has 0 spiro atoms. The van der Waals surface area contributed by atoms with Crippen LogP contribution in [0.25, 0.3) is 10.9 Å². The van der Waals surface area contributed by atoms with E-state index in [2.05, 4.69) is 66.1 Å². The van der Waals surface area contributed by atoms with Crippen molar-refractivity contribution in [2.45, 2.75) is 26.4 Å². The Balaban J connectivity index is 1.83. The van der Waals surface area contributed by atoms with Gasteiger partial charge in [0, 0.05) is 42.4 Å². The fourth-order valence-corrected chi connectivity index (χ4v) is 2.87. The highest BCUT2D eigenvalue weighted by Crippen LogP contribution is 2.24. The van der Waals surface area contributed by atoms with Crippen LogP contribution in [0.2, 0.25) is 0 Å². The van der Waals surface area contributed by atoms with Crippen molar-refractivity contribution in [1.82, 2.24) is 14.9 Å². The first kappa shape index (κ1) is 13.8. The Morgan fingerprint density at radius 2 is 1.90 bits per heavy atom. The molecule has 1 atom stereocenters. The molecule has 0 aliphatic rings. The van der Waals surface area contributed by atoms with Crippen molar-refractivity contribution in [1.29, 1.82) is 0 Å². The molecule has 0 aliphatic heterocycles. The van der Waals surface area contributed by atoms with Gasteiger partial charge in [-0.2, -0.15) is 0 Å². The number of benzene rings is 1. The zero-order chi connectivity index (χ0) is 14.8. The van der Waals surface area contributed by atoms with E-state index in [9.17, 15) is 0 Å². The molecular formula is C18H21N3. The maximum absolute atomic E-state index is 4.41. The van der Waals surface area contributed by atoms with E-state index in [0.717, 1.165) is 12.2 Å². The van der Waals surface area contributed by atoms with E-state index in [1.165, 1.54) is 22.2 Å². The minimum atomic E-state index is 0.239. The number of nitrogens with zero attached hydrogens (tertiary/aromatic N) is 2. The summed E-state index contributed by atoms with van der Waals surface area (Å²) in [5.74, 6) is 0. The third kappa shape index (κ3) is 2.57. The standard InChI is InChI=1S/C18H21N3/c1-13-15-8-4-5-10-17(15)21(3)18(13)12-20-14(2)16-9-6-7-11-19-16/h4-11,14,20H,12H2,1-3H3. The quantitative estimate of drug-likeness (QED) is 0.788. The zero-order valence-electron chi connectivity index (χ0n) is 12.8. The molecule has 0 bridgehead atoms. The van der Waals surface area contributed by atoms with Gasteiger partial charge in [-0.15, -0.1) is 0 Å². The lowest BCUT2D eigenvalue weighted by Gasteiger charge is -2.14. The van der Waals surface area contributed by atoms with Gasteiger partial charge in [-0.3, -0.25) is 4.98 Å².